The highest BCUT2D eigenvalue weighted by atomic mass is 32.1. The lowest BCUT2D eigenvalue weighted by Crippen LogP contribution is -2.31. The molecule has 22 heavy (non-hydrogen) atoms. The van der Waals surface area contributed by atoms with Gasteiger partial charge in [0.25, 0.3) is 0 Å². The number of carbonyl (C=O) groups is 1. The summed E-state index contributed by atoms with van der Waals surface area (Å²) in [5, 5.41) is 5.91. The van der Waals surface area contributed by atoms with Gasteiger partial charge in [-0.15, -0.1) is 11.3 Å². The van der Waals surface area contributed by atoms with Crippen molar-refractivity contribution in [3.8, 4) is 0 Å². The third-order valence-electron chi connectivity index (χ3n) is 3.34. The Hall–Kier alpha value is -2.08. The van der Waals surface area contributed by atoms with Crippen LogP contribution in [-0.4, -0.2) is 37.1 Å². The molecule has 0 saturated heterocycles. The number of thiazole rings is 1. The maximum Gasteiger partial charge on any atom is 0.321 e. The predicted octanol–water partition coefficient (Wildman–Crippen LogP) is 3.49. The minimum atomic E-state index is -0.136. The van der Waals surface area contributed by atoms with Gasteiger partial charge in [0.05, 0.1) is 17.2 Å². The molecule has 0 unspecified atom stereocenters. The number of aryl methyl sites for hydroxylation is 2. The highest BCUT2D eigenvalue weighted by Crippen LogP contribution is 2.22. The monoisotopic (exact) mass is 318 g/mol. The average Bonchev–Trinajstić information content (AvgIpc) is 2.83. The number of rotatable bonds is 4. The van der Waals surface area contributed by atoms with E-state index in [0.29, 0.717) is 6.54 Å². The molecule has 0 bridgehead atoms. The third-order valence-corrected chi connectivity index (χ3v) is 4.16. The van der Waals surface area contributed by atoms with E-state index in [4.69, 9.17) is 0 Å². The Morgan fingerprint density at radius 3 is 2.55 bits per heavy atom. The van der Waals surface area contributed by atoms with E-state index in [1.165, 1.54) is 0 Å². The molecule has 0 aliphatic rings. The lowest BCUT2D eigenvalue weighted by Gasteiger charge is -2.19. The van der Waals surface area contributed by atoms with E-state index in [1.54, 1.807) is 23.3 Å². The Morgan fingerprint density at radius 1 is 1.27 bits per heavy atom. The zero-order chi connectivity index (χ0) is 16.3. The molecular weight excluding hydrogens is 296 g/mol. The summed E-state index contributed by atoms with van der Waals surface area (Å²) in [7, 11) is 5.78. The van der Waals surface area contributed by atoms with Crippen molar-refractivity contribution in [2.75, 3.05) is 31.4 Å². The molecule has 2 rings (SSSR count). The number of amides is 2. The zero-order valence-corrected chi connectivity index (χ0v) is 14.5. The van der Waals surface area contributed by atoms with E-state index >= 15 is 0 Å². The molecule has 2 aromatic rings. The number of hydrogen-bond donors (Lipinski definition) is 1. The maximum absolute atomic E-state index is 12.2. The van der Waals surface area contributed by atoms with Crippen LogP contribution in [0.25, 0.3) is 0 Å². The Kier molecular flexibility index (Phi) is 5.03. The van der Waals surface area contributed by atoms with Gasteiger partial charge < -0.3 is 15.1 Å². The number of anilines is 2. The van der Waals surface area contributed by atoms with Gasteiger partial charge in [-0.25, -0.2) is 9.78 Å². The van der Waals surface area contributed by atoms with Crippen molar-refractivity contribution >= 4 is 28.7 Å². The standard InChI is InChI=1S/C16H22N4OS/c1-11-8-13(6-7-15(11)19(3)4)18-16(21)20(5)9-14-10-22-12(2)17-14/h6-8,10H,9H2,1-5H3,(H,18,21). The van der Waals surface area contributed by atoms with E-state index in [9.17, 15) is 4.79 Å². The second-order valence-corrected chi connectivity index (χ2v) is 6.60. The second kappa shape index (κ2) is 6.79. The molecule has 1 aromatic heterocycles. The molecule has 5 nitrogen and oxygen atoms in total. The average molecular weight is 318 g/mol. The van der Waals surface area contributed by atoms with Crippen molar-refractivity contribution in [3.63, 3.8) is 0 Å². The topological polar surface area (TPSA) is 48.5 Å². The van der Waals surface area contributed by atoms with Crippen LogP contribution in [-0.2, 0) is 6.54 Å². The van der Waals surface area contributed by atoms with Gasteiger partial charge >= 0.3 is 6.03 Å². The Bertz CT molecular complexity index is 666. The normalized spacial score (nSPS) is 10.4. The lowest BCUT2D eigenvalue weighted by atomic mass is 10.1. The van der Waals surface area contributed by atoms with Crippen molar-refractivity contribution in [3.05, 3.63) is 39.8 Å². The van der Waals surface area contributed by atoms with Crippen molar-refractivity contribution < 1.29 is 4.79 Å². The molecule has 1 heterocycles. The minimum Gasteiger partial charge on any atom is -0.377 e. The fraction of sp³-hybridized carbons (Fsp3) is 0.375. The van der Waals surface area contributed by atoms with E-state index in [2.05, 4.69) is 15.2 Å². The molecule has 0 atom stereocenters. The molecule has 2 amide bonds. The number of aromatic nitrogens is 1. The molecule has 0 radical (unpaired) electrons. The van der Waals surface area contributed by atoms with Crippen LogP contribution in [0.1, 0.15) is 16.3 Å². The van der Waals surface area contributed by atoms with Gasteiger partial charge in [-0.2, -0.15) is 0 Å². The highest BCUT2D eigenvalue weighted by Gasteiger charge is 2.12. The van der Waals surface area contributed by atoms with Crippen LogP contribution in [0.2, 0.25) is 0 Å². The van der Waals surface area contributed by atoms with Crippen molar-refractivity contribution in [2.45, 2.75) is 20.4 Å². The van der Waals surface area contributed by atoms with Crippen LogP contribution >= 0.6 is 11.3 Å². The largest absolute Gasteiger partial charge is 0.377 e. The maximum atomic E-state index is 12.2. The molecule has 0 fully saturated rings. The number of nitrogens with zero attached hydrogens (tertiary/aromatic N) is 3. The first-order valence-electron chi connectivity index (χ1n) is 7.08. The molecule has 118 valence electrons. The molecule has 0 saturated carbocycles. The van der Waals surface area contributed by atoms with Crippen molar-refractivity contribution in [2.24, 2.45) is 0 Å². The van der Waals surface area contributed by atoms with E-state index in [1.807, 2.05) is 51.5 Å². The molecule has 1 aromatic carbocycles. The van der Waals surface area contributed by atoms with Gasteiger partial charge in [-0.05, 0) is 37.6 Å². The minimum absolute atomic E-state index is 0.136. The van der Waals surface area contributed by atoms with Crippen LogP contribution in [0.4, 0.5) is 16.2 Å². The molecule has 6 heteroatoms. The summed E-state index contributed by atoms with van der Waals surface area (Å²) in [6, 6.07) is 5.77. The molecule has 0 aliphatic carbocycles. The van der Waals surface area contributed by atoms with Crippen LogP contribution < -0.4 is 10.2 Å². The SMILES string of the molecule is Cc1nc(CN(C)C(=O)Nc2ccc(N(C)C)c(C)c2)cs1. The summed E-state index contributed by atoms with van der Waals surface area (Å²) < 4.78 is 0. The van der Waals surface area contributed by atoms with Gasteiger partial charge in [0.15, 0.2) is 0 Å². The molecule has 1 N–H and O–H groups in total. The van der Waals surface area contributed by atoms with Crippen molar-refractivity contribution in [1.82, 2.24) is 9.88 Å². The zero-order valence-electron chi connectivity index (χ0n) is 13.7. The van der Waals surface area contributed by atoms with Gasteiger partial charge in [0.1, 0.15) is 0 Å². The Labute approximate surface area is 135 Å². The molecule has 0 aliphatic heterocycles. The van der Waals surface area contributed by atoms with Gasteiger partial charge in [-0.1, -0.05) is 0 Å². The summed E-state index contributed by atoms with van der Waals surface area (Å²) in [5.41, 5.74) is 3.98. The quantitative estimate of drug-likeness (QED) is 0.939. The Balaban J connectivity index is 2.00. The van der Waals surface area contributed by atoms with Crippen LogP contribution in [0.5, 0.6) is 0 Å². The van der Waals surface area contributed by atoms with Crippen LogP contribution in [0.3, 0.4) is 0 Å². The number of benzene rings is 1. The Morgan fingerprint density at radius 2 is 2.00 bits per heavy atom. The fourth-order valence-corrected chi connectivity index (χ4v) is 2.85. The smallest absolute Gasteiger partial charge is 0.321 e. The van der Waals surface area contributed by atoms with Crippen LogP contribution in [0.15, 0.2) is 23.6 Å². The predicted molar refractivity (Wildman–Crippen MR) is 92.8 cm³/mol. The van der Waals surface area contributed by atoms with Gasteiger partial charge in [0, 0.05) is 37.9 Å². The number of hydrogen-bond acceptors (Lipinski definition) is 4. The first-order chi connectivity index (χ1) is 10.4. The number of nitrogens with one attached hydrogen (secondary N) is 1. The summed E-state index contributed by atoms with van der Waals surface area (Å²) in [6.45, 7) is 4.50. The third kappa shape index (κ3) is 3.98. The number of urea groups is 1. The fourth-order valence-electron chi connectivity index (χ4n) is 2.25. The first-order valence-corrected chi connectivity index (χ1v) is 7.96. The van der Waals surface area contributed by atoms with E-state index in [0.717, 1.165) is 27.6 Å². The highest BCUT2D eigenvalue weighted by molar-refractivity contribution is 7.09. The lowest BCUT2D eigenvalue weighted by molar-refractivity contribution is 0.220. The van der Waals surface area contributed by atoms with Crippen molar-refractivity contribution in [1.29, 1.82) is 0 Å². The molecular formula is C16H22N4OS. The number of carbonyl (C=O) groups excluding carboxylic acids is 1. The second-order valence-electron chi connectivity index (χ2n) is 5.54. The summed E-state index contributed by atoms with van der Waals surface area (Å²) in [5.74, 6) is 0. The van der Waals surface area contributed by atoms with Crippen LogP contribution in [0, 0.1) is 13.8 Å². The summed E-state index contributed by atoms with van der Waals surface area (Å²) in [6.07, 6.45) is 0. The summed E-state index contributed by atoms with van der Waals surface area (Å²) >= 11 is 1.59. The van der Waals surface area contributed by atoms with E-state index < -0.39 is 0 Å². The summed E-state index contributed by atoms with van der Waals surface area (Å²) in [4.78, 5) is 20.3. The molecule has 0 spiro atoms. The van der Waals surface area contributed by atoms with E-state index in [-0.39, 0.29) is 6.03 Å². The van der Waals surface area contributed by atoms with Gasteiger partial charge in [0.2, 0.25) is 0 Å². The van der Waals surface area contributed by atoms with Gasteiger partial charge in [-0.3, -0.25) is 0 Å². The first kappa shape index (κ1) is 16.3.